The van der Waals surface area contributed by atoms with Gasteiger partial charge in [0.15, 0.2) is 5.89 Å². The van der Waals surface area contributed by atoms with Crippen molar-refractivity contribution < 1.29 is 9.52 Å². The highest BCUT2D eigenvalue weighted by atomic mass is 16.4. The second kappa shape index (κ2) is 3.72. The summed E-state index contributed by atoms with van der Waals surface area (Å²) in [7, 11) is 0. The number of hydrogen-bond acceptors (Lipinski definition) is 3. The van der Waals surface area contributed by atoms with Crippen LogP contribution in [0, 0.1) is 0 Å². The van der Waals surface area contributed by atoms with Gasteiger partial charge in [-0.1, -0.05) is 20.8 Å². The van der Waals surface area contributed by atoms with Crippen molar-refractivity contribution in [2.75, 3.05) is 6.61 Å². The molecular formula is C9H15NO2. The first-order valence-electron chi connectivity index (χ1n) is 4.21. The molecule has 0 spiro atoms. The zero-order valence-corrected chi connectivity index (χ0v) is 7.74. The van der Waals surface area contributed by atoms with Crippen LogP contribution >= 0.6 is 0 Å². The summed E-state index contributed by atoms with van der Waals surface area (Å²) < 4.78 is 5.43. The van der Waals surface area contributed by atoms with Crippen molar-refractivity contribution in [2.24, 2.45) is 0 Å². The summed E-state index contributed by atoms with van der Waals surface area (Å²) in [5.74, 6) is 1.86. The van der Waals surface area contributed by atoms with Crippen LogP contribution in [0.1, 0.15) is 44.3 Å². The zero-order valence-electron chi connectivity index (χ0n) is 7.74. The average Bonchev–Trinajstić information content (AvgIpc) is 2.51. The monoisotopic (exact) mass is 169 g/mol. The number of aromatic nitrogens is 1. The van der Waals surface area contributed by atoms with Crippen LogP contribution < -0.4 is 0 Å². The van der Waals surface area contributed by atoms with Gasteiger partial charge >= 0.3 is 0 Å². The van der Waals surface area contributed by atoms with Gasteiger partial charge in [-0.2, -0.15) is 0 Å². The smallest absolute Gasteiger partial charge is 0.196 e. The Labute approximate surface area is 72.4 Å². The molecule has 1 N–H and O–H groups in total. The maximum Gasteiger partial charge on any atom is 0.196 e. The van der Waals surface area contributed by atoms with E-state index in [1.54, 1.807) is 6.20 Å². The molecule has 1 atom stereocenters. The minimum atomic E-state index is 0.0463. The van der Waals surface area contributed by atoms with E-state index in [4.69, 9.17) is 9.52 Å². The average molecular weight is 169 g/mol. The van der Waals surface area contributed by atoms with Crippen molar-refractivity contribution in [3.8, 4) is 0 Å². The van der Waals surface area contributed by atoms with Gasteiger partial charge in [0, 0.05) is 11.8 Å². The fourth-order valence-electron chi connectivity index (χ4n) is 0.885. The minimum Gasteiger partial charge on any atom is -0.445 e. The number of nitrogens with zero attached hydrogens (tertiary/aromatic N) is 1. The lowest BCUT2D eigenvalue weighted by Crippen LogP contribution is -1.96. The van der Waals surface area contributed by atoms with Gasteiger partial charge in [0.05, 0.1) is 12.8 Å². The molecule has 0 aliphatic carbocycles. The number of aliphatic hydroxyl groups excluding tert-OH is 1. The van der Waals surface area contributed by atoms with Crippen LogP contribution in [0.25, 0.3) is 0 Å². The van der Waals surface area contributed by atoms with Crippen LogP contribution in [0.3, 0.4) is 0 Å². The topological polar surface area (TPSA) is 46.3 Å². The molecule has 0 fully saturated rings. The maximum atomic E-state index is 8.85. The third-order valence-corrected chi connectivity index (χ3v) is 1.79. The van der Waals surface area contributed by atoms with E-state index in [0.29, 0.717) is 5.92 Å². The molecule has 3 nitrogen and oxygen atoms in total. The summed E-state index contributed by atoms with van der Waals surface area (Å²) in [4.78, 5) is 4.11. The van der Waals surface area contributed by atoms with Crippen molar-refractivity contribution in [2.45, 2.75) is 32.6 Å². The Hall–Kier alpha value is -0.830. The molecule has 0 saturated carbocycles. The minimum absolute atomic E-state index is 0.0463. The van der Waals surface area contributed by atoms with Crippen molar-refractivity contribution in [3.63, 3.8) is 0 Å². The Bertz CT molecular complexity index is 242. The summed E-state index contributed by atoms with van der Waals surface area (Å²) in [6.45, 7) is 6.07. The molecular weight excluding hydrogens is 154 g/mol. The Balaban J connectivity index is 2.77. The molecule has 0 aliphatic rings. The van der Waals surface area contributed by atoms with Crippen LogP contribution in [0.5, 0.6) is 0 Å². The van der Waals surface area contributed by atoms with Gasteiger partial charge in [-0.3, -0.25) is 0 Å². The third kappa shape index (κ3) is 1.85. The molecule has 0 saturated heterocycles. The first kappa shape index (κ1) is 9.26. The second-order valence-corrected chi connectivity index (χ2v) is 3.34. The molecule has 3 heteroatoms. The highest BCUT2D eigenvalue weighted by Crippen LogP contribution is 2.19. The molecule has 0 bridgehead atoms. The molecule has 1 aromatic heterocycles. The molecule has 0 aliphatic heterocycles. The lowest BCUT2D eigenvalue weighted by molar-refractivity contribution is 0.254. The van der Waals surface area contributed by atoms with Crippen LogP contribution in [0.4, 0.5) is 0 Å². The SMILES string of the molecule is CC(C)c1ncc(C(C)CO)o1. The third-order valence-electron chi connectivity index (χ3n) is 1.79. The van der Waals surface area contributed by atoms with E-state index >= 15 is 0 Å². The molecule has 0 amide bonds. The highest BCUT2D eigenvalue weighted by Gasteiger charge is 2.12. The summed E-state index contributed by atoms with van der Waals surface area (Å²) in [6.07, 6.45) is 1.69. The molecule has 0 radical (unpaired) electrons. The van der Waals surface area contributed by atoms with Gasteiger partial charge in [0.25, 0.3) is 0 Å². The van der Waals surface area contributed by atoms with Gasteiger partial charge < -0.3 is 9.52 Å². The van der Waals surface area contributed by atoms with E-state index < -0.39 is 0 Å². The zero-order chi connectivity index (χ0) is 9.14. The van der Waals surface area contributed by atoms with Gasteiger partial charge in [-0.25, -0.2) is 4.98 Å². The van der Waals surface area contributed by atoms with E-state index in [0.717, 1.165) is 11.7 Å². The molecule has 1 rings (SSSR count). The Morgan fingerprint density at radius 2 is 2.17 bits per heavy atom. The number of hydrogen-bond donors (Lipinski definition) is 1. The molecule has 12 heavy (non-hydrogen) atoms. The number of aliphatic hydroxyl groups is 1. The summed E-state index contributed by atoms with van der Waals surface area (Å²) in [5.41, 5.74) is 0. The molecule has 0 aromatic carbocycles. The van der Waals surface area contributed by atoms with E-state index in [9.17, 15) is 0 Å². The largest absolute Gasteiger partial charge is 0.445 e. The van der Waals surface area contributed by atoms with Crippen molar-refractivity contribution in [1.82, 2.24) is 4.98 Å². The molecule has 1 heterocycles. The van der Waals surface area contributed by atoms with E-state index in [1.807, 2.05) is 20.8 Å². The predicted octanol–water partition coefficient (Wildman–Crippen LogP) is 1.89. The normalized spacial score (nSPS) is 13.8. The summed E-state index contributed by atoms with van der Waals surface area (Å²) in [6, 6.07) is 0. The van der Waals surface area contributed by atoms with Crippen LogP contribution in [-0.2, 0) is 0 Å². The standard InChI is InChI=1S/C9H15NO2/c1-6(2)9-10-4-8(12-9)7(3)5-11/h4,6-7,11H,5H2,1-3H3. The lowest BCUT2D eigenvalue weighted by Gasteiger charge is -2.02. The quantitative estimate of drug-likeness (QED) is 0.751. The number of oxazole rings is 1. The van der Waals surface area contributed by atoms with Crippen molar-refractivity contribution in [1.29, 1.82) is 0 Å². The second-order valence-electron chi connectivity index (χ2n) is 3.34. The fraction of sp³-hybridized carbons (Fsp3) is 0.667. The molecule has 1 unspecified atom stereocenters. The van der Waals surface area contributed by atoms with Gasteiger partial charge in [0.2, 0.25) is 0 Å². The van der Waals surface area contributed by atoms with Crippen LogP contribution in [-0.4, -0.2) is 16.7 Å². The summed E-state index contributed by atoms with van der Waals surface area (Å²) in [5, 5.41) is 8.85. The lowest BCUT2D eigenvalue weighted by atomic mass is 10.1. The Kier molecular flexibility index (Phi) is 2.87. The van der Waals surface area contributed by atoms with E-state index in [-0.39, 0.29) is 12.5 Å². The van der Waals surface area contributed by atoms with Gasteiger partial charge in [-0.15, -0.1) is 0 Å². The van der Waals surface area contributed by atoms with E-state index in [2.05, 4.69) is 4.98 Å². The Morgan fingerprint density at radius 1 is 1.50 bits per heavy atom. The Morgan fingerprint density at radius 3 is 2.58 bits per heavy atom. The van der Waals surface area contributed by atoms with Crippen molar-refractivity contribution >= 4 is 0 Å². The van der Waals surface area contributed by atoms with E-state index in [1.165, 1.54) is 0 Å². The fourth-order valence-corrected chi connectivity index (χ4v) is 0.885. The van der Waals surface area contributed by atoms with Gasteiger partial charge in [-0.05, 0) is 0 Å². The van der Waals surface area contributed by atoms with Crippen LogP contribution in [0.2, 0.25) is 0 Å². The van der Waals surface area contributed by atoms with Crippen molar-refractivity contribution in [3.05, 3.63) is 17.8 Å². The maximum absolute atomic E-state index is 8.85. The predicted molar refractivity (Wildman–Crippen MR) is 46.1 cm³/mol. The van der Waals surface area contributed by atoms with Crippen LogP contribution in [0.15, 0.2) is 10.6 Å². The first-order chi connectivity index (χ1) is 5.65. The number of rotatable bonds is 3. The molecule has 1 aromatic rings. The summed E-state index contributed by atoms with van der Waals surface area (Å²) >= 11 is 0. The highest BCUT2D eigenvalue weighted by molar-refractivity contribution is 5.02. The van der Waals surface area contributed by atoms with Gasteiger partial charge in [0.1, 0.15) is 5.76 Å². The molecule has 68 valence electrons. The first-order valence-corrected chi connectivity index (χ1v) is 4.21.